The molecule has 2 aliphatic rings. The van der Waals surface area contributed by atoms with E-state index in [0.717, 1.165) is 24.8 Å². The van der Waals surface area contributed by atoms with Crippen LogP contribution in [0.25, 0.3) is 0 Å². The topological polar surface area (TPSA) is 52.6 Å². The van der Waals surface area contributed by atoms with Gasteiger partial charge in [-0.3, -0.25) is 0 Å². The average molecular weight is 370 g/mol. The monoisotopic (exact) mass is 370 g/mol. The minimum Gasteiger partial charge on any atom is -0.380 e. The third-order valence-corrected chi connectivity index (χ3v) is 5.75. The van der Waals surface area contributed by atoms with E-state index in [1.54, 1.807) is 0 Å². The van der Waals surface area contributed by atoms with Crippen molar-refractivity contribution in [3.8, 4) is 0 Å². The predicted octanol–water partition coefficient (Wildman–Crippen LogP) is 3.80. The molecule has 0 radical (unpaired) electrons. The van der Waals surface area contributed by atoms with Crippen molar-refractivity contribution in [2.75, 3.05) is 13.1 Å². The largest absolute Gasteiger partial charge is 0.417 e. The Morgan fingerprint density at radius 3 is 2.58 bits per heavy atom. The number of hydrogen-bond acceptors (Lipinski definition) is 2. The molecular weight excluding hydrogens is 345 g/mol. The van der Waals surface area contributed by atoms with Crippen LogP contribution in [0, 0.1) is 5.92 Å². The fourth-order valence-electron chi connectivity index (χ4n) is 3.96. The number of likely N-dealkylation sites (tertiary alicyclic amines) is 1. The highest BCUT2D eigenvalue weighted by atomic mass is 19.4. The molecule has 2 amide bonds. The van der Waals surface area contributed by atoms with Gasteiger partial charge in [-0.2, -0.15) is 13.2 Å². The van der Waals surface area contributed by atoms with Gasteiger partial charge in [0.1, 0.15) is 0 Å². The summed E-state index contributed by atoms with van der Waals surface area (Å²) in [5.74, 6) is 0.250. The number of nitrogens with zero attached hydrogens (tertiary/aromatic N) is 1. The van der Waals surface area contributed by atoms with Crippen molar-refractivity contribution >= 4 is 6.03 Å². The number of hydrogen-bond donors (Lipinski definition) is 2. The number of rotatable bonds is 1. The van der Waals surface area contributed by atoms with Crippen LogP contribution in [-0.4, -0.2) is 40.9 Å². The zero-order valence-electron chi connectivity index (χ0n) is 14.9. The van der Waals surface area contributed by atoms with Crippen molar-refractivity contribution < 1.29 is 23.1 Å². The molecule has 2 atom stereocenters. The van der Waals surface area contributed by atoms with Crippen molar-refractivity contribution in [2.45, 2.75) is 56.8 Å². The van der Waals surface area contributed by atoms with E-state index in [9.17, 15) is 23.1 Å². The molecule has 1 fully saturated rings. The zero-order chi connectivity index (χ0) is 18.9. The lowest BCUT2D eigenvalue weighted by molar-refractivity contribution is -0.271. The molecule has 1 saturated heterocycles. The summed E-state index contributed by atoms with van der Waals surface area (Å²) in [6, 6.07) is 7.50. The molecule has 0 bridgehead atoms. The fraction of sp³-hybridized carbons (Fsp3) is 0.632. The smallest absolute Gasteiger partial charge is 0.380 e. The van der Waals surface area contributed by atoms with E-state index in [1.165, 1.54) is 10.5 Å². The van der Waals surface area contributed by atoms with E-state index >= 15 is 0 Å². The molecule has 1 aromatic rings. The summed E-state index contributed by atoms with van der Waals surface area (Å²) in [5.41, 5.74) is -0.381. The van der Waals surface area contributed by atoms with Gasteiger partial charge < -0.3 is 15.3 Å². The van der Waals surface area contributed by atoms with E-state index < -0.39 is 24.6 Å². The molecule has 26 heavy (non-hydrogen) atoms. The second kappa shape index (κ2) is 7.10. The van der Waals surface area contributed by atoms with Gasteiger partial charge in [-0.1, -0.05) is 31.2 Å². The number of benzene rings is 1. The van der Waals surface area contributed by atoms with Gasteiger partial charge in [0.05, 0.1) is 6.04 Å². The standard InChI is InChI=1S/C19H25F3N2O2/c1-13-5-4-7-14-6-2-3-8-15(14)16(13)23-17(25)24-11-9-18(26,10-12-24)19(20,21)22/h2-3,6,8,13,16,26H,4-5,7,9-12H2,1H3,(H,23,25). The van der Waals surface area contributed by atoms with E-state index in [1.807, 2.05) is 18.2 Å². The van der Waals surface area contributed by atoms with Crippen molar-refractivity contribution in [3.05, 3.63) is 35.4 Å². The summed E-state index contributed by atoms with van der Waals surface area (Å²) >= 11 is 0. The molecule has 1 aliphatic heterocycles. The third-order valence-electron chi connectivity index (χ3n) is 5.75. The number of carbonyl (C=O) groups excluding carboxylic acids is 1. The summed E-state index contributed by atoms with van der Waals surface area (Å²) in [6.07, 6.45) is -2.64. The van der Waals surface area contributed by atoms with Crippen LogP contribution in [0.15, 0.2) is 24.3 Å². The summed E-state index contributed by atoms with van der Waals surface area (Å²) in [5, 5.41) is 12.8. The van der Waals surface area contributed by atoms with E-state index in [-0.39, 0.29) is 31.1 Å². The zero-order valence-corrected chi connectivity index (χ0v) is 14.9. The molecule has 4 nitrogen and oxygen atoms in total. The van der Waals surface area contributed by atoms with Gasteiger partial charge in [-0.05, 0) is 36.3 Å². The number of carbonyl (C=O) groups is 1. The van der Waals surface area contributed by atoms with E-state index in [2.05, 4.69) is 18.3 Å². The van der Waals surface area contributed by atoms with Gasteiger partial charge in [0.25, 0.3) is 0 Å². The van der Waals surface area contributed by atoms with Crippen LogP contribution in [0.5, 0.6) is 0 Å². The maximum atomic E-state index is 12.9. The number of amides is 2. The van der Waals surface area contributed by atoms with Crippen LogP contribution in [-0.2, 0) is 6.42 Å². The van der Waals surface area contributed by atoms with Crippen LogP contribution >= 0.6 is 0 Å². The number of piperidine rings is 1. The lowest BCUT2D eigenvalue weighted by Crippen LogP contribution is -2.56. The molecule has 144 valence electrons. The van der Waals surface area contributed by atoms with Gasteiger partial charge in [0.15, 0.2) is 5.60 Å². The molecule has 1 heterocycles. The molecule has 0 aromatic heterocycles. The Morgan fingerprint density at radius 2 is 1.92 bits per heavy atom. The molecular formula is C19H25F3N2O2. The second-order valence-corrected chi connectivity index (χ2v) is 7.51. The number of alkyl halides is 3. The first-order valence-electron chi connectivity index (χ1n) is 9.14. The Bertz CT molecular complexity index is 654. The first kappa shape index (κ1) is 19.0. The normalized spacial score (nSPS) is 26.0. The Labute approximate surface area is 151 Å². The van der Waals surface area contributed by atoms with Crippen LogP contribution in [0.4, 0.5) is 18.0 Å². The Morgan fingerprint density at radius 1 is 1.27 bits per heavy atom. The maximum absolute atomic E-state index is 12.9. The minimum atomic E-state index is -4.66. The molecule has 7 heteroatoms. The summed E-state index contributed by atoms with van der Waals surface area (Å²) in [7, 11) is 0. The van der Waals surface area contributed by atoms with Crippen LogP contribution in [0.1, 0.15) is 49.8 Å². The first-order valence-corrected chi connectivity index (χ1v) is 9.14. The minimum absolute atomic E-state index is 0.107. The van der Waals surface area contributed by atoms with E-state index in [4.69, 9.17) is 0 Å². The molecule has 0 saturated carbocycles. The van der Waals surface area contributed by atoms with Gasteiger partial charge in [0, 0.05) is 25.9 Å². The molecule has 0 spiro atoms. The van der Waals surface area contributed by atoms with Crippen molar-refractivity contribution in [1.29, 1.82) is 0 Å². The van der Waals surface area contributed by atoms with Crippen LogP contribution in [0.3, 0.4) is 0 Å². The average Bonchev–Trinajstić information content (AvgIpc) is 2.74. The molecule has 1 aliphatic carbocycles. The van der Waals surface area contributed by atoms with Gasteiger partial charge >= 0.3 is 12.2 Å². The Hall–Kier alpha value is -1.76. The number of fused-ring (bicyclic) bond motifs is 1. The Kier molecular flexibility index (Phi) is 5.19. The SMILES string of the molecule is CC1CCCc2ccccc2C1NC(=O)N1CCC(O)(C(F)(F)F)CC1. The third kappa shape index (κ3) is 3.68. The van der Waals surface area contributed by atoms with Crippen LogP contribution in [0.2, 0.25) is 0 Å². The lowest BCUT2D eigenvalue weighted by Gasteiger charge is -2.39. The second-order valence-electron chi connectivity index (χ2n) is 7.51. The summed E-state index contributed by atoms with van der Waals surface area (Å²) < 4.78 is 38.8. The first-order chi connectivity index (χ1) is 12.2. The molecule has 2 unspecified atom stereocenters. The highest BCUT2D eigenvalue weighted by Crippen LogP contribution is 2.38. The van der Waals surface area contributed by atoms with Crippen molar-refractivity contribution in [2.24, 2.45) is 5.92 Å². The summed E-state index contributed by atoms with van der Waals surface area (Å²) in [4.78, 5) is 14.0. The van der Waals surface area contributed by atoms with Gasteiger partial charge in [-0.15, -0.1) is 0 Å². The molecule has 3 rings (SSSR count). The van der Waals surface area contributed by atoms with E-state index in [0.29, 0.717) is 0 Å². The highest BCUT2D eigenvalue weighted by Gasteiger charge is 2.55. The number of halogens is 3. The summed E-state index contributed by atoms with van der Waals surface area (Å²) in [6.45, 7) is 1.88. The van der Waals surface area contributed by atoms with Crippen molar-refractivity contribution in [1.82, 2.24) is 10.2 Å². The Balaban J connectivity index is 1.69. The molecule has 1 aromatic carbocycles. The van der Waals surface area contributed by atoms with Crippen molar-refractivity contribution in [3.63, 3.8) is 0 Å². The predicted molar refractivity (Wildman–Crippen MR) is 91.6 cm³/mol. The van der Waals surface area contributed by atoms with Gasteiger partial charge in [0.2, 0.25) is 0 Å². The fourth-order valence-corrected chi connectivity index (χ4v) is 3.96. The number of aliphatic hydroxyl groups is 1. The number of urea groups is 1. The number of nitrogens with one attached hydrogen (secondary N) is 1. The molecule has 2 N–H and O–H groups in total. The lowest BCUT2D eigenvalue weighted by atomic mass is 9.90. The quantitative estimate of drug-likeness (QED) is 0.739. The van der Waals surface area contributed by atoms with Crippen LogP contribution < -0.4 is 5.32 Å². The highest BCUT2D eigenvalue weighted by molar-refractivity contribution is 5.75. The number of aryl methyl sites for hydroxylation is 1. The van der Waals surface area contributed by atoms with Gasteiger partial charge in [-0.25, -0.2) is 4.79 Å². The maximum Gasteiger partial charge on any atom is 0.417 e.